The fourth-order valence-corrected chi connectivity index (χ4v) is 3.07. The predicted molar refractivity (Wildman–Crippen MR) is 100 cm³/mol. The standard InChI is InChI=1S/C20H22N2O4/c1-25-17-7-5-6-16(19(17)26-2)20(24)21-14-9-11-15(12-10-14)22-13-4-3-8-18(22)23/h5-7,9-12H,3-4,8,13H2,1-2H3,(H,21,24). The monoisotopic (exact) mass is 354 g/mol. The van der Waals surface area contributed by atoms with E-state index in [0.717, 1.165) is 25.1 Å². The van der Waals surface area contributed by atoms with Crippen LogP contribution in [0.1, 0.15) is 29.6 Å². The summed E-state index contributed by atoms with van der Waals surface area (Å²) in [6.45, 7) is 0.742. The molecule has 2 aromatic rings. The number of piperidine rings is 1. The maximum absolute atomic E-state index is 12.6. The maximum Gasteiger partial charge on any atom is 0.259 e. The average Bonchev–Trinajstić information content (AvgIpc) is 2.68. The summed E-state index contributed by atoms with van der Waals surface area (Å²) in [5.74, 6) is 0.749. The minimum absolute atomic E-state index is 0.147. The van der Waals surface area contributed by atoms with E-state index in [-0.39, 0.29) is 11.8 Å². The third-order valence-electron chi connectivity index (χ3n) is 4.41. The molecule has 1 N–H and O–H groups in total. The molecule has 0 spiro atoms. The smallest absolute Gasteiger partial charge is 0.259 e. The lowest BCUT2D eigenvalue weighted by molar-refractivity contribution is -0.119. The topological polar surface area (TPSA) is 67.9 Å². The van der Waals surface area contributed by atoms with Gasteiger partial charge in [-0.2, -0.15) is 0 Å². The van der Waals surface area contributed by atoms with Gasteiger partial charge in [-0.15, -0.1) is 0 Å². The van der Waals surface area contributed by atoms with E-state index in [1.54, 1.807) is 35.2 Å². The number of hydrogen-bond donors (Lipinski definition) is 1. The van der Waals surface area contributed by atoms with Gasteiger partial charge in [-0.3, -0.25) is 9.59 Å². The molecule has 0 bridgehead atoms. The molecule has 3 rings (SSSR count). The second-order valence-corrected chi connectivity index (χ2v) is 6.04. The molecular formula is C20H22N2O4. The van der Waals surface area contributed by atoms with Crippen molar-refractivity contribution in [2.45, 2.75) is 19.3 Å². The number of carbonyl (C=O) groups excluding carboxylic acids is 2. The molecule has 1 aliphatic heterocycles. The zero-order valence-electron chi connectivity index (χ0n) is 15.0. The largest absolute Gasteiger partial charge is 0.493 e. The molecule has 136 valence electrons. The molecule has 1 aliphatic rings. The van der Waals surface area contributed by atoms with E-state index < -0.39 is 0 Å². The number of hydrogen-bond acceptors (Lipinski definition) is 4. The number of ether oxygens (including phenoxy) is 2. The molecule has 6 heteroatoms. The molecule has 0 aromatic heterocycles. The molecule has 26 heavy (non-hydrogen) atoms. The number of nitrogens with one attached hydrogen (secondary N) is 1. The van der Waals surface area contributed by atoms with Gasteiger partial charge in [-0.1, -0.05) is 6.07 Å². The van der Waals surface area contributed by atoms with E-state index in [9.17, 15) is 9.59 Å². The Balaban J connectivity index is 1.75. The first-order valence-corrected chi connectivity index (χ1v) is 8.57. The van der Waals surface area contributed by atoms with Crippen LogP contribution >= 0.6 is 0 Å². The summed E-state index contributed by atoms with van der Waals surface area (Å²) in [6, 6.07) is 12.4. The third kappa shape index (κ3) is 3.64. The van der Waals surface area contributed by atoms with E-state index in [4.69, 9.17) is 9.47 Å². The zero-order valence-corrected chi connectivity index (χ0v) is 15.0. The molecular weight excluding hydrogens is 332 g/mol. The first-order valence-electron chi connectivity index (χ1n) is 8.57. The SMILES string of the molecule is COc1cccc(C(=O)Nc2ccc(N3CCCCC3=O)cc2)c1OC. The van der Waals surface area contributed by atoms with Gasteiger partial charge in [0.2, 0.25) is 5.91 Å². The molecule has 1 heterocycles. The Hall–Kier alpha value is -3.02. The highest BCUT2D eigenvalue weighted by Crippen LogP contribution is 2.31. The maximum atomic E-state index is 12.6. The van der Waals surface area contributed by atoms with Crippen molar-refractivity contribution in [1.29, 1.82) is 0 Å². The molecule has 0 unspecified atom stereocenters. The van der Waals surface area contributed by atoms with Gasteiger partial charge in [0.1, 0.15) is 0 Å². The van der Waals surface area contributed by atoms with E-state index in [2.05, 4.69) is 5.32 Å². The summed E-state index contributed by atoms with van der Waals surface area (Å²) in [4.78, 5) is 26.4. The number of methoxy groups -OCH3 is 2. The first kappa shape index (κ1) is 17.8. The quantitative estimate of drug-likeness (QED) is 0.893. The molecule has 0 atom stereocenters. The van der Waals surface area contributed by atoms with Gasteiger partial charge < -0.3 is 19.7 Å². The van der Waals surface area contributed by atoms with Crippen molar-refractivity contribution in [2.24, 2.45) is 0 Å². The van der Waals surface area contributed by atoms with Crippen molar-refractivity contribution in [3.05, 3.63) is 48.0 Å². The Labute approximate surface area is 152 Å². The number of rotatable bonds is 5. The van der Waals surface area contributed by atoms with Crippen molar-refractivity contribution < 1.29 is 19.1 Å². The molecule has 0 saturated carbocycles. The zero-order chi connectivity index (χ0) is 18.5. The lowest BCUT2D eigenvalue weighted by Crippen LogP contribution is -2.35. The number of anilines is 2. The Bertz CT molecular complexity index is 802. The summed E-state index contributed by atoms with van der Waals surface area (Å²) < 4.78 is 10.5. The molecule has 2 aromatic carbocycles. The summed E-state index contributed by atoms with van der Waals surface area (Å²) in [6.07, 6.45) is 2.56. The van der Waals surface area contributed by atoms with Crippen molar-refractivity contribution in [3.8, 4) is 11.5 Å². The minimum Gasteiger partial charge on any atom is -0.493 e. The van der Waals surface area contributed by atoms with Gasteiger partial charge in [0, 0.05) is 24.3 Å². The van der Waals surface area contributed by atoms with E-state index >= 15 is 0 Å². The van der Waals surface area contributed by atoms with Gasteiger partial charge in [-0.05, 0) is 49.2 Å². The van der Waals surface area contributed by atoms with Gasteiger partial charge in [-0.25, -0.2) is 0 Å². The Kier molecular flexibility index (Phi) is 5.41. The van der Waals surface area contributed by atoms with Gasteiger partial charge in [0.25, 0.3) is 5.91 Å². The van der Waals surface area contributed by atoms with Crippen LogP contribution < -0.4 is 19.7 Å². The first-order chi connectivity index (χ1) is 12.6. The lowest BCUT2D eigenvalue weighted by Gasteiger charge is -2.26. The Morgan fingerprint density at radius 1 is 1.04 bits per heavy atom. The van der Waals surface area contributed by atoms with Crippen LogP contribution in [0.2, 0.25) is 0 Å². The number of benzene rings is 2. The second-order valence-electron chi connectivity index (χ2n) is 6.04. The fourth-order valence-electron chi connectivity index (χ4n) is 3.07. The average molecular weight is 354 g/mol. The highest BCUT2D eigenvalue weighted by molar-refractivity contribution is 6.07. The highest BCUT2D eigenvalue weighted by atomic mass is 16.5. The van der Waals surface area contributed by atoms with Gasteiger partial charge >= 0.3 is 0 Å². The van der Waals surface area contributed by atoms with E-state index in [1.165, 1.54) is 14.2 Å². The van der Waals surface area contributed by atoms with Crippen molar-refractivity contribution in [2.75, 3.05) is 31.0 Å². The van der Waals surface area contributed by atoms with Crippen LogP contribution in [0.3, 0.4) is 0 Å². The van der Waals surface area contributed by atoms with Gasteiger partial charge in [0.05, 0.1) is 19.8 Å². The Morgan fingerprint density at radius 2 is 1.81 bits per heavy atom. The van der Waals surface area contributed by atoms with E-state index in [1.807, 2.05) is 12.1 Å². The van der Waals surface area contributed by atoms with Gasteiger partial charge in [0.15, 0.2) is 11.5 Å². The lowest BCUT2D eigenvalue weighted by atomic mass is 10.1. The fraction of sp³-hybridized carbons (Fsp3) is 0.300. The summed E-state index contributed by atoms with van der Waals surface area (Å²) in [5.41, 5.74) is 1.89. The highest BCUT2D eigenvalue weighted by Gasteiger charge is 2.20. The molecule has 2 amide bonds. The molecule has 0 aliphatic carbocycles. The molecule has 0 radical (unpaired) electrons. The molecule has 6 nitrogen and oxygen atoms in total. The summed E-state index contributed by atoms with van der Waals surface area (Å²) in [5, 5.41) is 2.85. The van der Waals surface area contributed by atoms with Crippen LogP contribution in [0.15, 0.2) is 42.5 Å². The van der Waals surface area contributed by atoms with Crippen LogP contribution in [-0.4, -0.2) is 32.6 Å². The van der Waals surface area contributed by atoms with Crippen LogP contribution in [0, 0.1) is 0 Å². The summed E-state index contributed by atoms with van der Waals surface area (Å²) in [7, 11) is 3.03. The number of para-hydroxylation sites is 1. The van der Waals surface area contributed by atoms with Crippen LogP contribution in [0.25, 0.3) is 0 Å². The predicted octanol–water partition coefficient (Wildman–Crippen LogP) is 3.47. The van der Waals surface area contributed by atoms with E-state index in [0.29, 0.717) is 29.2 Å². The van der Waals surface area contributed by atoms with Crippen LogP contribution in [-0.2, 0) is 4.79 Å². The number of amides is 2. The van der Waals surface area contributed by atoms with Crippen molar-refractivity contribution in [3.63, 3.8) is 0 Å². The normalized spacial score (nSPS) is 14.1. The van der Waals surface area contributed by atoms with Crippen LogP contribution in [0.4, 0.5) is 11.4 Å². The van der Waals surface area contributed by atoms with Crippen molar-refractivity contribution >= 4 is 23.2 Å². The second kappa shape index (κ2) is 7.91. The molecule has 1 saturated heterocycles. The Morgan fingerprint density at radius 3 is 2.46 bits per heavy atom. The number of nitrogens with zero attached hydrogens (tertiary/aromatic N) is 1. The summed E-state index contributed by atoms with van der Waals surface area (Å²) >= 11 is 0. The third-order valence-corrected chi connectivity index (χ3v) is 4.41. The molecule has 1 fully saturated rings. The van der Waals surface area contributed by atoms with Crippen molar-refractivity contribution in [1.82, 2.24) is 0 Å². The van der Waals surface area contributed by atoms with Crippen LogP contribution in [0.5, 0.6) is 11.5 Å². The number of carbonyl (C=O) groups is 2. The minimum atomic E-state index is -0.289.